The molecule has 7 heteroatoms. The highest BCUT2D eigenvalue weighted by molar-refractivity contribution is 5.82. The molecule has 0 radical (unpaired) electrons. The summed E-state index contributed by atoms with van der Waals surface area (Å²) < 4.78 is 43.2. The van der Waals surface area contributed by atoms with Crippen molar-refractivity contribution in [1.82, 2.24) is 9.80 Å². The molecule has 0 saturated carbocycles. The Labute approximate surface area is 133 Å². The molecule has 0 bridgehead atoms. The van der Waals surface area contributed by atoms with Crippen molar-refractivity contribution < 1.29 is 22.7 Å². The van der Waals surface area contributed by atoms with Crippen LogP contribution in [0.25, 0.3) is 0 Å². The number of fused-ring (bicyclic) bond motifs is 1. The largest absolute Gasteiger partial charge is 0.491 e. The van der Waals surface area contributed by atoms with E-state index in [1.54, 1.807) is 4.90 Å². The lowest BCUT2D eigenvalue weighted by atomic mass is 10.1. The highest BCUT2D eigenvalue weighted by atomic mass is 19.4. The Morgan fingerprint density at radius 2 is 2.09 bits per heavy atom. The second kappa shape index (κ2) is 6.78. The van der Waals surface area contributed by atoms with E-state index in [4.69, 9.17) is 4.74 Å². The third-order valence-electron chi connectivity index (χ3n) is 4.06. The summed E-state index contributed by atoms with van der Waals surface area (Å²) in [5, 5.41) is 0. The topological polar surface area (TPSA) is 32.8 Å². The maximum atomic E-state index is 12.7. The molecule has 1 aliphatic rings. The van der Waals surface area contributed by atoms with E-state index in [2.05, 4.69) is 0 Å². The third-order valence-corrected chi connectivity index (χ3v) is 4.06. The summed E-state index contributed by atoms with van der Waals surface area (Å²) >= 11 is 0. The van der Waals surface area contributed by atoms with Crippen LogP contribution in [0.5, 0.6) is 5.75 Å². The van der Waals surface area contributed by atoms with Crippen molar-refractivity contribution in [3.8, 4) is 5.75 Å². The number of rotatable bonds is 3. The molecule has 2 rings (SSSR count). The molecule has 0 aromatic heterocycles. The SMILES string of the molecule is C[C@@H]1COc2ccccc2CN1C(=O)[C@H](C)N(C)CC(F)(F)F. The van der Waals surface area contributed by atoms with Gasteiger partial charge in [-0.15, -0.1) is 0 Å². The number of para-hydroxylation sites is 1. The Hall–Kier alpha value is -1.76. The van der Waals surface area contributed by atoms with Crippen LogP contribution >= 0.6 is 0 Å². The number of halogens is 3. The van der Waals surface area contributed by atoms with Crippen LogP contribution in [0.3, 0.4) is 0 Å². The lowest BCUT2D eigenvalue weighted by Gasteiger charge is -2.33. The van der Waals surface area contributed by atoms with Crippen molar-refractivity contribution in [2.45, 2.75) is 38.7 Å². The smallest absolute Gasteiger partial charge is 0.401 e. The van der Waals surface area contributed by atoms with E-state index in [0.29, 0.717) is 18.9 Å². The average molecular weight is 330 g/mol. The molecule has 0 aliphatic carbocycles. The lowest BCUT2D eigenvalue weighted by molar-refractivity contribution is -0.156. The summed E-state index contributed by atoms with van der Waals surface area (Å²) in [6.45, 7) is 2.87. The zero-order chi connectivity index (χ0) is 17.2. The Morgan fingerprint density at radius 3 is 2.74 bits per heavy atom. The zero-order valence-electron chi connectivity index (χ0n) is 13.4. The molecule has 0 N–H and O–H groups in total. The molecule has 1 aromatic rings. The second-order valence-electron chi connectivity index (χ2n) is 5.94. The summed E-state index contributed by atoms with van der Waals surface area (Å²) in [6.07, 6.45) is -4.33. The number of hydrogen-bond acceptors (Lipinski definition) is 3. The first-order valence-electron chi connectivity index (χ1n) is 7.47. The minimum Gasteiger partial charge on any atom is -0.491 e. The molecule has 2 atom stereocenters. The number of nitrogens with zero attached hydrogens (tertiary/aromatic N) is 2. The Bertz CT molecular complexity index is 563. The molecule has 1 amide bonds. The summed E-state index contributed by atoms with van der Waals surface area (Å²) in [4.78, 5) is 15.3. The summed E-state index contributed by atoms with van der Waals surface area (Å²) in [5.74, 6) is 0.385. The molecule has 1 aromatic carbocycles. The first-order chi connectivity index (χ1) is 10.7. The molecule has 23 heavy (non-hydrogen) atoms. The summed E-state index contributed by atoms with van der Waals surface area (Å²) in [7, 11) is 1.31. The van der Waals surface area contributed by atoms with Gasteiger partial charge in [0.15, 0.2) is 0 Å². The quantitative estimate of drug-likeness (QED) is 0.854. The number of likely N-dealkylation sites (N-methyl/N-ethyl adjacent to an activating group) is 1. The molecule has 0 unspecified atom stereocenters. The molecular formula is C16H21F3N2O2. The molecule has 1 heterocycles. The van der Waals surface area contributed by atoms with Gasteiger partial charge in [0, 0.05) is 12.1 Å². The van der Waals surface area contributed by atoms with Crippen LogP contribution in [0.2, 0.25) is 0 Å². The fraction of sp³-hybridized carbons (Fsp3) is 0.562. The third kappa shape index (κ3) is 4.37. The highest BCUT2D eigenvalue weighted by Gasteiger charge is 2.35. The van der Waals surface area contributed by atoms with Gasteiger partial charge in [-0.25, -0.2) is 0 Å². The van der Waals surface area contributed by atoms with Gasteiger partial charge < -0.3 is 9.64 Å². The molecule has 0 saturated heterocycles. The number of benzene rings is 1. The van der Waals surface area contributed by atoms with Crippen molar-refractivity contribution in [1.29, 1.82) is 0 Å². The van der Waals surface area contributed by atoms with E-state index in [0.717, 1.165) is 10.5 Å². The number of hydrogen-bond donors (Lipinski definition) is 0. The van der Waals surface area contributed by atoms with Crippen molar-refractivity contribution in [2.75, 3.05) is 20.2 Å². The Morgan fingerprint density at radius 1 is 1.43 bits per heavy atom. The van der Waals surface area contributed by atoms with Gasteiger partial charge in [0.1, 0.15) is 12.4 Å². The maximum Gasteiger partial charge on any atom is 0.401 e. The summed E-state index contributed by atoms with van der Waals surface area (Å²) in [6, 6.07) is 6.31. The number of carbonyl (C=O) groups is 1. The van der Waals surface area contributed by atoms with Crippen LogP contribution in [0, 0.1) is 0 Å². The lowest BCUT2D eigenvalue weighted by Crippen LogP contribution is -2.51. The maximum absolute atomic E-state index is 12.7. The van der Waals surface area contributed by atoms with Crippen LogP contribution in [-0.2, 0) is 11.3 Å². The van der Waals surface area contributed by atoms with Gasteiger partial charge in [-0.05, 0) is 27.0 Å². The minimum atomic E-state index is -4.33. The van der Waals surface area contributed by atoms with Gasteiger partial charge in [0.25, 0.3) is 0 Å². The van der Waals surface area contributed by atoms with Gasteiger partial charge in [-0.1, -0.05) is 18.2 Å². The number of ether oxygens (including phenoxy) is 1. The van der Waals surface area contributed by atoms with Crippen molar-refractivity contribution in [3.63, 3.8) is 0 Å². The van der Waals surface area contributed by atoms with E-state index in [-0.39, 0.29) is 11.9 Å². The monoisotopic (exact) mass is 330 g/mol. The van der Waals surface area contributed by atoms with E-state index in [9.17, 15) is 18.0 Å². The van der Waals surface area contributed by atoms with E-state index < -0.39 is 18.8 Å². The fourth-order valence-corrected chi connectivity index (χ4v) is 2.56. The van der Waals surface area contributed by atoms with Crippen LogP contribution in [0.1, 0.15) is 19.4 Å². The molecule has 0 spiro atoms. The zero-order valence-corrected chi connectivity index (χ0v) is 13.4. The van der Waals surface area contributed by atoms with Crippen LogP contribution in [0.4, 0.5) is 13.2 Å². The Balaban J connectivity index is 2.14. The van der Waals surface area contributed by atoms with Crippen molar-refractivity contribution in [3.05, 3.63) is 29.8 Å². The number of alkyl halides is 3. The fourth-order valence-electron chi connectivity index (χ4n) is 2.56. The molecule has 128 valence electrons. The van der Waals surface area contributed by atoms with Crippen LogP contribution in [0.15, 0.2) is 24.3 Å². The predicted molar refractivity (Wildman–Crippen MR) is 80.1 cm³/mol. The van der Waals surface area contributed by atoms with Gasteiger partial charge in [-0.2, -0.15) is 13.2 Å². The first-order valence-corrected chi connectivity index (χ1v) is 7.47. The number of carbonyl (C=O) groups excluding carboxylic acids is 1. The van der Waals surface area contributed by atoms with E-state index >= 15 is 0 Å². The molecule has 1 aliphatic heterocycles. The second-order valence-corrected chi connectivity index (χ2v) is 5.94. The highest BCUT2D eigenvalue weighted by Crippen LogP contribution is 2.26. The predicted octanol–water partition coefficient (Wildman–Crippen LogP) is 2.68. The van der Waals surface area contributed by atoms with Crippen molar-refractivity contribution in [2.24, 2.45) is 0 Å². The van der Waals surface area contributed by atoms with E-state index in [1.165, 1.54) is 14.0 Å². The number of amides is 1. The average Bonchev–Trinajstić information content (AvgIpc) is 2.64. The summed E-state index contributed by atoms with van der Waals surface area (Å²) in [5.41, 5.74) is 0.857. The van der Waals surface area contributed by atoms with Crippen LogP contribution in [-0.4, -0.2) is 54.2 Å². The molecule has 0 fully saturated rings. The van der Waals surface area contributed by atoms with E-state index in [1.807, 2.05) is 31.2 Å². The first kappa shape index (κ1) is 17.6. The van der Waals surface area contributed by atoms with Crippen LogP contribution < -0.4 is 4.74 Å². The van der Waals surface area contributed by atoms with Gasteiger partial charge in [-0.3, -0.25) is 9.69 Å². The standard InChI is InChI=1S/C16H21F3N2O2/c1-11-9-23-14-7-5-4-6-13(14)8-21(11)15(22)12(2)20(3)10-16(17,18)19/h4-7,11-12H,8-10H2,1-3H3/t11-,12+/m1/s1. The van der Waals surface area contributed by atoms with Gasteiger partial charge in [0.2, 0.25) is 5.91 Å². The Kier molecular flexibility index (Phi) is 5.19. The molecule has 4 nitrogen and oxygen atoms in total. The normalized spacial score (nSPS) is 19.8. The van der Waals surface area contributed by atoms with Gasteiger partial charge in [0.05, 0.1) is 18.6 Å². The minimum absolute atomic E-state index is 0.211. The molecular weight excluding hydrogens is 309 g/mol. The van der Waals surface area contributed by atoms with Crippen molar-refractivity contribution >= 4 is 5.91 Å². The van der Waals surface area contributed by atoms with Gasteiger partial charge >= 0.3 is 6.18 Å².